The third kappa shape index (κ3) is 9.80. The van der Waals surface area contributed by atoms with Crippen molar-refractivity contribution in [2.45, 2.75) is 89.7 Å². The number of carbonyl (C=O) groups excluding carboxylic acids is 1. The molecule has 2 aliphatic heterocycles. The zero-order valence-electron chi connectivity index (χ0n) is 35.1. The number of fused-ring (bicyclic) bond motifs is 3. The van der Waals surface area contributed by atoms with Crippen LogP contribution < -0.4 is 18.9 Å². The van der Waals surface area contributed by atoms with Gasteiger partial charge in [-0.15, -0.1) is 18.2 Å². The standard InChI is InChI=1S/C47H58ClN3O10/c1-4-22-59-47-43(51(46(54)55-23-19-48)28-32-15-17-41-42(24-32)58-30-57-41)27-39(50-60-5-2)37-25-33(12-6-8-20-52)36(14-7-9-21-53)44(45(37)47)38-26-35(16-18-40(38)61-47)56-29-34-13-10-11-31(3)49-34/h4,10-11,13,15-18,24-26,33,36,43-45,52-53H,1,5-9,12,14,19-23,27-30H2,2-3H3/t33-,36+,43-,44+,45+,47+/m0/s1. The third-order valence-corrected chi connectivity index (χ3v) is 12.1. The monoisotopic (exact) mass is 859 g/mol. The van der Waals surface area contributed by atoms with E-state index in [1.165, 1.54) is 0 Å². The van der Waals surface area contributed by atoms with Crippen molar-refractivity contribution in [1.82, 2.24) is 9.88 Å². The number of hydrogen-bond acceptors (Lipinski definition) is 12. The fourth-order valence-corrected chi connectivity index (χ4v) is 9.54. The number of aromatic nitrogens is 1. The number of alkyl halides is 1. The van der Waals surface area contributed by atoms with Gasteiger partial charge in [0, 0.05) is 43.4 Å². The van der Waals surface area contributed by atoms with Crippen molar-refractivity contribution < 1.29 is 48.3 Å². The summed E-state index contributed by atoms with van der Waals surface area (Å²) in [6, 6.07) is 16.6. The van der Waals surface area contributed by atoms with E-state index >= 15 is 0 Å². The fraction of sp³-hybridized carbons (Fsp3) is 0.511. The normalized spacial score (nSPS) is 23.9. The van der Waals surface area contributed by atoms with Crippen LogP contribution in [0.3, 0.4) is 0 Å². The number of hydrogen-bond donors (Lipinski definition) is 2. The number of aryl methyl sites for hydroxylation is 1. The number of aliphatic hydroxyl groups excluding tert-OH is 2. The highest BCUT2D eigenvalue weighted by molar-refractivity contribution is 6.18. The zero-order chi connectivity index (χ0) is 42.8. The van der Waals surface area contributed by atoms with Gasteiger partial charge in [-0.2, -0.15) is 0 Å². The Morgan fingerprint density at radius 2 is 1.85 bits per heavy atom. The highest BCUT2D eigenvalue weighted by Crippen LogP contribution is 2.62. The van der Waals surface area contributed by atoms with Gasteiger partial charge in [-0.05, 0) is 105 Å². The lowest BCUT2D eigenvalue weighted by Crippen LogP contribution is -2.70. The van der Waals surface area contributed by atoms with E-state index in [0.717, 1.165) is 53.8 Å². The first-order valence-corrected chi connectivity index (χ1v) is 22.0. The maximum absolute atomic E-state index is 14.5. The van der Waals surface area contributed by atoms with Crippen molar-refractivity contribution in [2.75, 3.05) is 45.7 Å². The van der Waals surface area contributed by atoms with Crippen LogP contribution in [0.1, 0.15) is 80.3 Å². The molecule has 0 saturated heterocycles. The van der Waals surface area contributed by atoms with Gasteiger partial charge in [0.1, 0.15) is 37.4 Å². The van der Waals surface area contributed by atoms with Crippen LogP contribution in [0.2, 0.25) is 0 Å². The van der Waals surface area contributed by atoms with Gasteiger partial charge in [0.15, 0.2) is 11.5 Å². The first-order valence-electron chi connectivity index (χ1n) is 21.5. The van der Waals surface area contributed by atoms with Gasteiger partial charge in [-0.3, -0.25) is 9.88 Å². The van der Waals surface area contributed by atoms with Crippen molar-refractivity contribution >= 4 is 23.4 Å². The van der Waals surface area contributed by atoms with Crippen LogP contribution in [-0.2, 0) is 27.5 Å². The number of nitrogens with zero attached hydrogens (tertiary/aromatic N) is 3. The minimum Gasteiger partial charge on any atom is -0.487 e. The van der Waals surface area contributed by atoms with Gasteiger partial charge in [-0.25, -0.2) is 4.79 Å². The number of unbranched alkanes of at least 4 members (excludes halogenated alkanes) is 2. The lowest BCUT2D eigenvalue weighted by molar-refractivity contribution is -0.256. The Hall–Kier alpha value is -4.82. The third-order valence-electron chi connectivity index (χ3n) is 12.0. The van der Waals surface area contributed by atoms with E-state index in [9.17, 15) is 15.0 Å². The SMILES string of the molecule is C=CCO[C@@]12Oc3ccc(OCc4cccc(C)n4)cc3[C@H]3[C@H](CCCCO)[C@@H](CCCCO)C=C(C(=NOCC)C[C@@H]1N(Cc1ccc4c(c1)OCO4)C(=O)OCCCl)[C@H]32. The molecule has 1 saturated carbocycles. The summed E-state index contributed by atoms with van der Waals surface area (Å²) in [5.74, 6) is 0.515. The van der Waals surface area contributed by atoms with Crippen LogP contribution in [0.15, 0.2) is 84.1 Å². The summed E-state index contributed by atoms with van der Waals surface area (Å²) in [7, 11) is 0. The van der Waals surface area contributed by atoms with E-state index in [-0.39, 0.29) is 76.4 Å². The second kappa shape index (κ2) is 20.8. The Morgan fingerprint density at radius 1 is 1.05 bits per heavy atom. The Kier molecular flexibility index (Phi) is 15.1. The zero-order valence-corrected chi connectivity index (χ0v) is 35.9. The molecule has 3 aromatic rings. The maximum atomic E-state index is 14.5. The van der Waals surface area contributed by atoms with E-state index in [1.54, 1.807) is 11.0 Å². The molecule has 6 atom stereocenters. The molecule has 7 rings (SSSR count). The molecular formula is C47H58ClN3O10. The van der Waals surface area contributed by atoms with Crippen LogP contribution in [0.5, 0.6) is 23.0 Å². The highest BCUT2D eigenvalue weighted by Gasteiger charge is 2.65. The molecule has 2 aliphatic carbocycles. The largest absolute Gasteiger partial charge is 0.487 e. The van der Waals surface area contributed by atoms with Crippen molar-refractivity contribution in [3.05, 3.63) is 101 Å². The fourth-order valence-electron chi connectivity index (χ4n) is 9.46. The molecule has 2 aromatic carbocycles. The van der Waals surface area contributed by atoms with E-state index in [4.69, 9.17) is 50.0 Å². The van der Waals surface area contributed by atoms with Gasteiger partial charge >= 0.3 is 6.09 Å². The molecule has 13 nitrogen and oxygen atoms in total. The molecule has 3 heterocycles. The van der Waals surface area contributed by atoms with E-state index in [0.29, 0.717) is 48.2 Å². The predicted molar refractivity (Wildman–Crippen MR) is 230 cm³/mol. The Morgan fingerprint density at radius 3 is 2.62 bits per heavy atom. The smallest absolute Gasteiger partial charge is 0.410 e. The molecule has 0 unspecified atom stereocenters. The molecule has 0 spiro atoms. The summed E-state index contributed by atoms with van der Waals surface area (Å²) in [6.45, 7) is 9.02. The number of carbonyl (C=O) groups is 1. The summed E-state index contributed by atoms with van der Waals surface area (Å²) in [5, 5.41) is 24.6. The summed E-state index contributed by atoms with van der Waals surface area (Å²) in [4.78, 5) is 26.7. The Labute approximate surface area is 363 Å². The van der Waals surface area contributed by atoms with Crippen molar-refractivity contribution in [3.8, 4) is 23.0 Å². The van der Waals surface area contributed by atoms with Crippen molar-refractivity contribution in [3.63, 3.8) is 0 Å². The van der Waals surface area contributed by atoms with Crippen LogP contribution in [0, 0.1) is 24.7 Å². The molecule has 61 heavy (non-hydrogen) atoms. The van der Waals surface area contributed by atoms with E-state index < -0.39 is 23.8 Å². The number of rotatable bonds is 21. The number of amides is 1. The number of pyridine rings is 1. The lowest BCUT2D eigenvalue weighted by Gasteiger charge is -2.59. The van der Waals surface area contributed by atoms with Crippen molar-refractivity contribution in [1.29, 1.82) is 0 Å². The highest BCUT2D eigenvalue weighted by atomic mass is 35.5. The molecule has 4 aliphatic rings. The second-order valence-electron chi connectivity index (χ2n) is 15.9. The average molecular weight is 860 g/mol. The van der Waals surface area contributed by atoms with E-state index in [1.807, 2.05) is 62.4 Å². The molecule has 2 N–H and O–H groups in total. The second-order valence-corrected chi connectivity index (χ2v) is 16.2. The number of allylic oxidation sites excluding steroid dienone is 1. The van der Waals surface area contributed by atoms with Crippen LogP contribution in [-0.4, -0.2) is 89.4 Å². The topological polar surface area (TPSA) is 151 Å². The summed E-state index contributed by atoms with van der Waals surface area (Å²) < 4.78 is 38.0. The molecule has 0 radical (unpaired) electrons. The lowest BCUT2D eigenvalue weighted by atomic mass is 9.55. The molecule has 328 valence electrons. The Balaban J connectivity index is 1.42. The summed E-state index contributed by atoms with van der Waals surface area (Å²) in [5.41, 5.74) is 5.08. The number of ether oxygens (including phenoxy) is 6. The number of halogens is 1. The molecule has 0 bridgehead atoms. The van der Waals surface area contributed by atoms with Gasteiger partial charge in [0.05, 0.1) is 29.8 Å². The molecule has 1 amide bonds. The van der Waals surface area contributed by atoms with Gasteiger partial charge in [0.2, 0.25) is 12.6 Å². The van der Waals surface area contributed by atoms with Gasteiger partial charge < -0.3 is 43.5 Å². The molecule has 1 aromatic heterocycles. The first-order chi connectivity index (χ1) is 29.8. The van der Waals surface area contributed by atoms with Crippen LogP contribution in [0.25, 0.3) is 0 Å². The molecular weight excluding hydrogens is 802 g/mol. The number of benzene rings is 2. The van der Waals surface area contributed by atoms with Gasteiger partial charge in [0.25, 0.3) is 0 Å². The number of oxime groups is 1. The minimum atomic E-state index is -1.47. The van der Waals surface area contributed by atoms with E-state index in [2.05, 4.69) is 23.7 Å². The molecule has 14 heteroatoms. The maximum Gasteiger partial charge on any atom is 0.410 e. The van der Waals surface area contributed by atoms with Crippen LogP contribution >= 0.6 is 11.6 Å². The minimum absolute atomic E-state index is 0.00461. The predicted octanol–water partition coefficient (Wildman–Crippen LogP) is 8.23. The van der Waals surface area contributed by atoms with Crippen LogP contribution in [0.4, 0.5) is 4.79 Å². The number of aliphatic hydroxyl groups is 2. The molecule has 1 fully saturated rings. The summed E-state index contributed by atoms with van der Waals surface area (Å²) in [6.07, 6.45) is 8.19. The van der Waals surface area contributed by atoms with Gasteiger partial charge in [-0.1, -0.05) is 42.3 Å². The average Bonchev–Trinajstić information content (AvgIpc) is 3.75. The summed E-state index contributed by atoms with van der Waals surface area (Å²) >= 11 is 6.10. The Bertz CT molecular complexity index is 2040. The van der Waals surface area contributed by atoms with Crippen molar-refractivity contribution in [2.24, 2.45) is 22.9 Å². The quantitative estimate of drug-likeness (QED) is 0.0462. The first kappa shape index (κ1) is 44.2.